The van der Waals surface area contributed by atoms with Gasteiger partial charge in [-0.15, -0.1) is 0 Å². The summed E-state index contributed by atoms with van der Waals surface area (Å²) in [5, 5.41) is 3.26. The van der Waals surface area contributed by atoms with Crippen LogP contribution in [0.3, 0.4) is 0 Å². The molecule has 5 rings (SSSR count). The lowest BCUT2D eigenvalue weighted by atomic mass is 10.0. The monoisotopic (exact) mass is 442 g/mol. The fraction of sp³-hybridized carbons (Fsp3) is 0.455. The molecule has 3 aliphatic rings. The number of amides is 1. The summed E-state index contributed by atoms with van der Waals surface area (Å²) >= 11 is 0. The summed E-state index contributed by atoms with van der Waals surface area (Å²) in [7, 11) is -1.43. The van der Waals surface area contributed by atoms with Crippen LogP contribution in [0.4, 0.5) is 23.0 Å². The highest BCUT2D eigenvalue weighted by Gasteiger charge is 2.39. The first-order valence-electron chi connectivity index (χ1n) is 10.6. The lowest BCUT2D eigenvalue weighted by Gasteiger charge is -2.44. The first-order chi connectivity index (χ1) is 14.8. The van der Waals surface area contributed by atoms with Crippen molar-refractivity contribution >= 4 is 38.8 Å². The molecule has 164 valence electrons. The third-order valence-electron chi connectivity index (χ3n) is 6.46. The summed E-state index contributed by atoms with van der Waals surface area (Å²) in [6.07, 6.45) is 2.26. The Morgan fingerprint density at radius 1 is 1.16 bits per heavy atom. The quantitative estimate of drug-likeness (QED) is 0.781. The number of benzene rings is 1. The van der Waals surface area contributed by atoms with Gasteiger partial charge in [0, 0.05) is 32.0 Å². The van der Waals surface area contributed by atoms with Crippen LogP contribution in [0.1, 0.15) is 25.3 Å². The van der Waals surface area contributed by atoms with Gasteiger partial charge in [-0.25, -0.2) is 13.4 Å². The van der Waals surface area contributed by atoms with Gasteiger partial charge in [-0.2, -0.15) is 0 Å². The van der Waals surface area contributed by atoms with Crippen LogP contribution in [-0.2, 0) is 25.8 Å². The molecule has 1 saturated heterocycles. The molecular formula is C22H26N4O4S. The summed E-state index contributed by atoms with van der Waals surface area (Å²) in [6, 6.07) is 9.03. The molecule has 1 atom stereocenters. The maximum Gasteiger partial charge on any atom is 0.249 e. The lowest BCUT2D eigenvalue weighted by Crippen LogP contribution is -2.56. The molecule has 9 heteroatoms. The topological polar surface area (TPSA) is 91.8 Å². The number of carbonyl (C=O) groups excluding carboxylic acids is 1. The van der Waals surface area contributed by atoms with Crippen molar-refractivity contribution < 1.29 is 17.9 Å². The molecule has 31 heavy (non-hydrogen) atoms. The van der Waals surface area contributed by atoms with Crippen molar-refractivity contribution in [3.8, 4) is 0 Å². The summed E-state index contributed by atoms with van der Waals surface area (Å²) < 4.78 is 30.1. The second-order valence-corrected chi connectivity index (χ2v) is 10.5. The van der Waals surface area contributed by atoms with E-state index in [0.29, 0.717) is 36.0 Å². The Labute approximate surface area is 182 Å². The zero-order valence-electron chi connectivity index (χ0n) is 17.7. The largest absolute Gasteiger partial charge is 0.381 e. The van der Waals surface area contributed by atoms with Gasteiger partial charge in [0.2, 0.25) is 5.91 Å². The highest BCUT2D eigenvalue weighted by Crippen LogP contribution is 2.38. The molecule has 1 N–H and O–H groups in total. The molecule has 0 unspecified atom stereocenters. The maximum absolute atomic E-state index is 12.8. The van der Waals surface area contributed by atoms with E-state index in [1.807, 2.05) is 31.2 Å². The van der Waals surface area contributed by atoms with E-state index in [-0.39, 0.29) is 23.7 Å². The molecule has 2 aromatic rings. The smallest absolute Gasteiger partial charge is 0.249 e. The second-order valence-electron chi connectivity index (χ2n) is 8.38. The van der Waals surface area contributed by atoms with Crippen LogP contribution < -0.4 is 15.1 Å². The standard InChI is InChI=1S/C22H26N4O4S/c1-14-22(27)25(2)18-5-6-20(24-21(18)26(14)17-7-10-30-11-8-17)23-16-4-3-15-9-12-31(28,29)19(15)13-16/h3-6,13-14,17H,7-12H2,1-2H3,(H,23,24)/t14-/m1/s1. The van der Waals surface area contributed by atoms with E-state index in [9.17, 15) is 13.2 Å². The lowest BCUT2D eigenvalue weighted by molar-refractivity contribution is -0.119. The number of ether oxygens (including phenoxy) is 1. The van der Waals surface area contributed by atoms with Crippen molar-refractivity contribution in [1.82, 2.24) is 4.98 Å². The molecule has 0 radical (unpaired) electrons. The number of nitrogens with one attached hydrogen (secondary N) is 1. The van der Waals surface area contributed by atoms with Gasteiger partial charge >= 0.3 is 0 Å². The van der Waals surface area contributed by atoms with Crippen molar-refractivity contribution in [2.24, 2.45) is 0 Å². The van der Waals surface area contributed by atoms with Crippen molar-refractivity contribution in [3.05, 3.63) is 35.9 Å². The van der Waals surface area contributed by atoms with E-state index >= 15 is 0 Å². The fourth-order valence-corrected chi connectivity index (χ4v) is 6.33. The summed E-state index contributed by atoms with van der Waals surface area (Å²) in [5.74, 6) is 1.59. The van der Waals surface area contributed by atoms with Gasteiger partial charge in [0.25, 0.3) is 0 Å². The number of pyridine rings is 1. The number of hydrogen-bond acceptors (Lipinski definition) is 7. The number of aromatic nitrogens is 1. The first-order valence-corrected chi connectivity index (χ1v) is 12.3. The molecule has 8 nitrogen and oxygen atoms in total. The predicted octanol–water partition coefficient (Wildman–Crippen LogP) is 2.51. The Kier molecular flexibility index (Phi) is 4.90. The number of fused-ring (bicyclic) bond motifs is 2. The van der Waals surface area contributed by atoms with Crippen molar-refractivity contribution in [1.29, 1.82) is 0 Å². The molecule has 1 aromatic heterocycles. The number of anilines is 4. The van der Waals surface area contributed by atoms with Crippen LogP contribution in [0, 0.1) is 0 Å². The third-order valence-corrected chi connectivity index (χ3v) is 8.26. The third kappa shape index (κ3) is 3.45. The van der Waals surface area contributed by atoms with Gasteiger partial charge in [-0.05, 0) is 56.0 Å². The van der Waals surface area contributed by atoms with Gasteiger partial charge < -0.3 is 19.9 Å². The Morgan fingerprint density at radius 2 is 1.94 bits per heavy atom. The summed E-state index contributed by atoms with van der Waals surface area (Å²) in [6.45, 7) is 3.27. The molecule has 1 fully saturated rings. The average molecular weight is 443 g/mol. The Balaban J connectivity index is 1.50. The van der Waals surface area contributed by atoms with E-state index in [1.54, 1.807) is 18.0 Å². The van der Waals surface area contributed by atoms with Crippen molar-refractivity contribution in [2.45, 2.75) is 43.2 Å². The number of hydrogen-bond donors (Lipinski definition) is 1. The van der Waals surface area contributed by atoms with Crippen LogP contribution in [0.2, 0.25) is 0 Å². The van der Waals surface area contributed by atoms with Gasteiger partial charge in [0.15, 0.2) is 15.7 Å². The zero-order valence-corrected chi connectivity index (χ0v) is 18.5. The van der Waals surface area contributed by atoms with E-state index in [1.165, 1.54) is 0 Å². The normalized spacial score (nSPS) is 22.9. The number of sulfone groups is 1. The Hall–Kier alpha value is -2.65. The molecule has 3 aliphatic heterocycles. The van der Waals surface area contributed by atoms with Gasteiger partial charge in [0.05, 0.1) is 16.3 Å². The van der Waals surface area contributed by atoms with E-state index < -0.39 is 9.84 Å². The minimum Gasteiger partial charge on any atom is -0.381 e. The van der Waals surface area contributed by atoms with Crippen LogP contribution in [0.5, 0.6) is 0 Å². The number of aryl methyl sites for hydroxylation is 1. The summed E-state index contributed by atoms with van der Waals surface area (Å²) in [4.78, 5) is 21.9. The van der Waals surface area contributed by atoms with Crippen LogP contribution in [-0.4, -0.2) is 57.4 Å². The maximum atomic E-state index is 12.8. The van der Waals surface area contributed by atoms with E-state index in [2.05, 4.69) is 10.2 Å². The van der Waals surface area contributed by atoms with Gasteiger partial charge in [-0.1, -0.05) is 6.07 Å². The van der Waals surface area contributed by atoms with Crippen molar-refractivity contribution in [2.75, 3.05) is 41.1 Å². The minimum absolute atomic E-state index is 0.0466. The highest BCUT2D eigenvalue weighted by atomic mass is 32.2. The number of likely N-dealkylation sites (N-methyl/N-ethyl adjacent to an activating group) is 1. The molecule has 0 saturated carbocycles. The van der Waals surface area contributed by atoms with Crippen molar-refractivity contribution in [3.63, 3.8) is 0 Å². The molecule has 4 heterocycles. The Bertz CT molecular complexity index is 1140. The molecule has 1 aromatic carbocycles. The number of rotatable bonds is 3. The highest BCUT2D eigenvalue weighted by molar-refractivity contribution is 7.91. The molecule has 0 bridgehead atoms. The predicted molar refractivity (Wildman–Crippen MR) is 119 cm³/mol. The molecule has 0 spiro atoms. The molecular weight excluding hydrogens is 416 g/mol. The first kappa shape index (κ1) is 20.3. The van der Waals surface area contributed by atoms with Crippen LogP contribution >= 0.6 is 0 Å². The van der Waals surface area contributed by atoms with E-state index in [0.717, 1.165) is 29.9 Å². The van der Waals surface area contributed by atoms with Crippen LogP contribution in [0.25, 0.3) is 0 Å². The average Bonchev–Trinajstić information content (AvgIpc) is 3.07. The fourth-order valence-electron chi connectivity index (χ4n) is 4.75. The molecule has 1 amide bonds. The second kappa shape index (κ2) is 7.49. The van der Waals surface area contributed by atoms with Crippen LogP contribution in [0.15, 0.2) is 35.2 Å². The minimum atomic E-state index is -3.20. The SMILES string of the molecule is C[C@@H]1C(=O)N(C)c2ccc(Nc3ccc4c(c3)S(=O)(=O)CC4)nc2N1C1CCOCC1. The number of nitrogens with zero attached hydrogens (tertiary/aromatic N) is 3. The van der Waals surface area contributed by atoms with E-state index in [4.69, 9.17) is 9.72 Å². The Morgan fingerprint density at radius 3 is 2.71 bits per heavy atom. The molecule has 0 aliphatic carbocycles. The summed E-state index contributed by atoms with van der Waals surface area (Å²) in [5.41, 5.74) is 2.32. The van der Waals surface area contributed by atoms with Gasteiger partial charge in [-0.3, -0.25) is 4.79 Å². The number of carbonyl (C=O) groups is 1. The zero-order chi connectivity index (χ0) is 21.8. The van der Waals surface area contributed by atoms with Gasteiger partial charge in [0.1, 0.15) is 11.9 Å².